The molecule has 0 spiro atoms. The number of hydrogen-bond acceptors (Lipinski definition) is 12. The van der Waals surface area contributed by atoms with E-state index in [1.807, 2.05) is 33.8 Å². The van der Waals surface area contributed by atoms with E-state index in [1.54, 1.807) is 44.3 Å². The van der Waals surface area contributed by atoms with Gasteiger partial charge in [-0.25, -0.2) is 0 Å². The van der Waals surface area contributed by atoms with Crippen LogP contribution in [0, 0.1) is 11.8 Å². The van der Waals surface area contributed by atoms with Crippen molar-refractivity contribution < 1.29 is 68.2 Å². The van der Waals surface area contributed by atoms with Gasteiger partial charge >= 0.3 is 29.8 Å². The highest BCUT2D eigenvalue weighted by atomic mass is 16.6. The van der Waals surface area contributed by atoms with E-state index in [4.69, 9.17) is 19.3 Å². The molecule has 7 N–H and O–H groups in total. The second kappa shape index (κ2) is 22.8. The van der Waals surface area contributed by atoms with Gasteiger partial charge in [0, 0.05) is 41.0 Å². The average molecular weight is 842 g/mol. The number of carbonyl (C=O) groups excluding carboxylic acids is 3. The van der Waals surface area contributed by atoms with Crippen LogP contribution in [-0.4, -0.2) is 124 Å². The Bertz CT molecular complexity index is 1980. The van der Waals surface area contributed by atoms with Crippen LogP contribution in [0.4, 0.5) is 11.4 Å². The van der Waals surface area contributed by atoms with Gasteiger partial charge in [-0.05, 0) is 74.9 Å². The molecule has 328 valence electrons. The number of H-pyrrole nitrogens is 1. The number of aliphatic carboxylic acids is 4. The van der Waals surface area contributed by atoms with Crippen LogP contribution < -0.4 is 29.9 Å². The first-order valence-corrected chi connectivity index (χ1v) is 19.5. The number of esters is 1. The number of hydrogen-bond donors (Lipinski definition) is 7. The highest BCUT2D eigenvalue weighted by Crippen LogP contribution is 2.34. The monoisotopic (exact) mass is 841 g/mol. The lowest BCUT2D eigenvalue weighted by Crippen LogP contribution is -2.54. The van der Waals surface area contributed by atoms with Gasteiger partial charge in [-0.2, -0.15) is 0 Å². The lowest BCUT2D eigenvalue weighted by Gasteiger charge is -2.30. The van der Waals surface area contributed by atoms with Crippen molar-refractivity contribution in [1.82, 2.24) is 15.6 Å². The van der Waals surface area contributed by atoms with E-state index in [9.17, 15) is 48.9 Å². The van der Waals surface area contributed by atoms with Crippen molar-refractivity contribution >= 4 is 63.9 Å². The number of carboxylic acid groups (broad SMARTS) is 4. The minimum atomic E-state index is -1.29. The lowest BCUT2D eigenvalue weighted by molar-refractivity contribution is -0.146. The van der Waals surface area contributed by atoms with Crippen molar-refractivity contribution in [3.63, 3.8) is 0 Å². The molecule has 19 nitrogen and oxygen atoms in total. The number of amides is 2. The fourth-order valence-corrected chi connectivity index (χ4v) is 6.28. The Morgan fingerprint density at radius 2 is 1.35 bits per heavy atom. The standard InChI is InChI=1S/C21H28N2O9.C20H27N3O5/c1-12(2)9-15(22-14(21(29)30)4-6-18(24)25)20(28)23(11-19(26)27)13-3-5-16-17(10-13)32-8-7-31-16;1-5-28-20(27)13(4)22-18(12(2)3)19(26)23(11-17(24)25)15-6-7-16-14(10-15)8-9-21-16/h3,5,10,12,14-15,22H,4,6-9,11H2,1-2H3,(H,24,25)(H,26,27)(H,29,30);6-10,12-13,18,21-22H,5,11H2,1-4H3,(H,24,25)/t14?,15-;13-,18-/m00/s1. The zero-order valence-corrected chi connectivity index (χ0v) is 34.5. The van der Waals surface area contributed by atoms with Gasteiger partial charge in [0.2, 0.25) is 11.8 Å². The van der Waals surface area contributed by atoms with Crippen LogP contribution in [0.15, 0.2) is 48.7 Å². The van der Waals surface area contributed by atoms with E-state index in [1.165, 1.54) is 17.0 Å². The van der Waals surface area contributed by atoms with Crippen molar-refractivity contribution in [2.24, 2.45) is 11.8 Å². The Morgan fingerprint density at radius 1 is 0.750 bits per heavy atom. The molecule has 4 rings (SSSR count). The molecule has 1 unspecified atom stereocenters. The van der Waals surface area contributed by atoms with Crippen LogP contribution in [-0.2, 0) is 38.3 Å². The topological polar surface area (TPSA) is 274 Å². The first-order chi connectivity index (χ1) is 28.3. The second-order valence-electron chi connectivity index (χ2n) is 14.7. The van der Waals surface area contributed by atoms with E-state index >= 15 is 0 Å². The SMILES string of the molecule is CC(C)C[C@H](NC(CCC(=O)O)C(=O)O)C(=O)N(CC(=O)O)c1ccc2c(c1)OCCO2.CCOC(=O)[C@H](C)N[C@H](C(=O)N(CC(=O)O)c1ccc2[nH]ccc2c1)C(C)C. The van der Waals surface area contributed by atoms with Crippen molar-refractivity contribution in [2.75, 3.05) is 42.7 Å². The van der Waals surface area contributed by atoms with E-state index < -0.39 is 85.3 Å². The molecule has 0 aliphatic carbocycles. The normalized spacial score (nSPS) is 13.9. The first-order valence-electron chi connectivity index (χ1n) is 19.5. The minimum Gasteiger partial charge on any atom is -0.486 e. The number of ether oxygens (including phenoxy) is 3. The van der Waals surface area contributed by atoms with Gasteiger partial charge in [-0.15, -0.1) is 0 Å². The summed E-state index contributed by atoms with van der Waals surface area (Å²) in [4.78, 5) is 89.3. The number of fused-ring (bicyclic) bond motifs is 2. The van der Waals surface area contributed by atoms with Crippen LogP contribution >= 0.6 is 0 Å². The molecular formula is C41H55N5O14. The largest absolute Gasteiger partial charge is 0.486 e. The molecule has 4 atom stereocenters. The zero-order valence-electron chi connectivity index (χ0n) is 34.5. The molecular weight excluding hydrogens is 786 g/mol. The maximum atomic E-state index is 13.4. The number of nitrogens with one attached hydrogen (secondary N) is 3. The highest BCUT2D eigenvalue weighted by Gasteiger charge is 2.34. The van der Waals surface area contributed by atoms with Gasteiger partial charge in [0.05, 0.1) is 18.7 Å². The maximum Gasteiger partial charge on any atom is 0.323 e. The van der Waals surface area contributed by atoms with Crippen molar-refractivity contribution in [3.05, 3.63) is 48.7 Å². The fourth-order valence-electron chi connectivity index (χ4n) is 6.28. The summed E-state index contributed by atoms with van der Waals surface area (Å²) < 4.78 is 16.0. The second-order valence-corrected chi connectivity index (χ2v) is 14.7. The number of aromatic nitrogens is 1. The van der Waals surface area contributed by atoms with Crippen molar-refractivity contribution in [2.45, 2.75) is 85.0 Å². The quantitative estimate of drug-likeness (QED) is 0.0758. The third kappa shape index (κ3) is 14.3. The number of anilines is 2. The van der Waals surface area contributed by atoms with Gasteiger partial charge in [0.15, 0.2) is 11.5 Å². The van der Waals surface area contributed by atoms with Crippen LogP contribution in [0.5, 0.6) is 11.5 Å². The van der Waals surface area contributed by atoms with E-state index in [-0.39, 0.29) is 37.0 Å². The molecule has 2 heterocycles. The van der Waals surface area contributed by atoms with Gasteiger partial charge in [0.25, 0.3) is 0 Å². The summed E-state index contributed by atoms with van der Waals surface area (Å²) in [5.41, 5.74) is 1.63. The minimum absolute atomic E-state index is 0.0303. The van der Waals surface area contributed by atoms with Crippen LogP contribution in [0.1, 0.15) is 60.8 Å². The number of benzene rings is 2. The summed E-state index contributed by atoms with van der Waals surface area (Å²) in [6.45, 7) is 10.5. The summed E-state index contributed by atoms with van der Waals surface area (Å²) >= 11 is 0. The van der Waals surface area contributed by atoms with E-state index in [0.717, 1.165) is 15.8 Å². The molecule has 60 heavy (non-hydrogen) atoms. The Morgan fingerprint density at radius 3 is 1.92 bits per heavy atom. The molecule has 0 saturated heterocycles. The van der Waals surface area contributed by atoms with Crippen LogP contribution in [0.25, 0.3) is 10.9 Å². The van der Waals surface area contributed by atoms with Crippen molar-refractivity contribution in [1.29, 1.82) is 0 Å². The molecule has 2 amide bonds. The van der Waals surface area contributed by atoms with Gasteiger partial charge in [-0.3, -0.25) is 54.0 Å². The van der Waals surface area contributed by atoms with Gasteiger partial charge < -0.3 is 39.6 Å². The van der Waals surface area contributed by atoms with Gasteiger partial charge in [0.1, 0.15) is 38.4 Å². The third-order valence-corrected chi connectivity index (χ3v) is 9.16. The maximum absolute atomic E-state index is 13.4. The van der Waals surface area contributed by atoms with Crippen molar-refractivity contribution in [3.8, 4) is 11.5 Å². The molecule has 19 heteroatoms. The highest BCUT2D eigenvalue weighted by molar-refractivity contribution is 6.03. The number of carbonyl (C=O) groups is 7. The summed E-state index contributed by atoms with van der Waals surface area (Å²) in [6, 6.07) is 7.93. The zero-order chi connectivity index (χ0) is 44.7. The molecule has 0 saturated carbocycles. The third-order valence-electron chi connectivity index (χ3n) is 9.16. The number of rotatable bonds is 21. The number of aromatic amines is 1. The number of carboxylic acids is 4. The molecule has 3 aromatic rings. The smallest absolute Gasteiger partial charge is 0.323 e. The lowest BCUT2D eigenvalue weighted by atomic mass is 10.00. The average Bonchev–Trinajstić information content (AvgIpc) is 3.66. The molecule has 1 aromatic heterocycles. The summed E-state index contributed by atoms with van der Waals surface area (Å²) in [7, 11) is 0. The predicted molar refractivity (Wildman–Crippen MR) is 218 cm³/mol. The first kappa shape index (κ1) is 48.2. The molecule has 0 fully saturated rings. The fraction of sp³-hybridized carbons (Fsp3) is 0.488. The Hall–Kier alpha value is -6.21. The van der Waals surface area contributed by atoms with Gasteiger partial charge in [-0.1, -0.05) is 27.7 Å². The summed E-state index contributed by atoms with van der Waals surface area (Å²) in [6.07, 6.45) is 1.37. The number of nitrogens with zero attached hydrogens (tertiary/aromatic N) is 2. The molecule has 0 bridgehead atoms. The predicted octanol–water partition coefficient (Wildman–Crippen LogP) is 3.35. The van der Waals surface area contributed by atoms with Crippen LogP contribution in [0.3, 0.4) is 0 Å². The molecule has 1 aliphatic heterocycles. The molecule has 2 aromatic carbocycles. The summed E-state index contributed by atoms with van der Waals surface area (Å²) in [5.74, 6) is -5.70. The summed E-state index contributed by atoms with van der Waals surface area (Å²) in [5, 5.41) is 43.7. The molecule has 1 aliphatic rings. The molecule has 0 radical (unpaired) electrons. The van der Waals surface area contributed by atoms with E-state index in [0.29, 0.717) is 30.4 Å². The Labute approximate surface area is 347 Å². The van der Waals surface area contributed by atoms with E-state index in [2.05, 4.69) is 15.6 Å². The Balaban J connectivity index is 0.000000323. The Kier molecular flexibility index (Phi) is 18.3. The van der Waals surface area contributed by atoms with Crippen LogP contribution in [0.2, 0.25) is 0 Å².